The van der Waals surface area contributed by atoms with Crippen molar-refractivity contribution in [2.75, 3.05) is 67.5 Å². The zero-order valence-electron chi connectivity index (χ0n) is 41.8. The van der Waals surface area contributed by atoms with Crippen molar-refractivity contribution in [3.05, 3.63) is 90.1 Å². The zero-order chi connectivity index (χ0) is 50.1. The predicted molar refractivity (Wildman–Crippen MR) is 275 cm³/mol. The number of nitrogens with zero attached hydrogens (tertiary/aromatic N) is 9. The maximum absolute atomic E-state index is 15.2. The van der Waals surface area contributed by atoms with Crippen LogP contribution in [-0.2, 0) is 29.4 Å². The Morgan fingerprint density at radius 3 is 2.27 bits per heavy atom. The van der Waals surface area contributed by atoms with Crippen molar-refractivity contribution in [1.82, 2.24) is 39.5 Å². The van der Waals surface area contributed by atoms with Crippen LogP contribution in [0.3, 0.4) is 0 Å². The van der Waals surface area contributed by atoms with Gasteiger partial charge in [-0.25, -0.2) is 19.3 Å². The fourth-order valence-corrected chi connectivity index (χ4v) is 12.9. The molecule has 5 saturated heterocycles. The Labute approximate surface area is 424 Å². The molecule has 73 heavy (non-hydrogen) atoms. The fourth-order valence-electron chi connectivity index (χ4n) is 12.9. The van der Waals surface area contributed by atoms with Gasteiger partial charge in [-0.3, -0.25) is 29.3 Å². The molecule has 6 aliphatic heterocycles. The minimum Gasteiger partial charge on any atom is -0.357 e. The summed E-state index contributed by atoms with van der Waals surface area (Å²) in [5.41, 5.74) is 5.31. The van der Waals surface area contributed by atoms with Crippen molar-refractivity contribution in [3.8, 4) is 11.3 Å². The Morgan fingerprint density at radius 2 is 1.56 bits per heavy atom. The summed E-state index contributed by atoms with van der Waals surface area (Å²) in [4.78, 5) is 92.3. The van der Waals surface area contributed by atoms with Crippen molar-refractivity contribution >= 4 is 63.6 Å². The maximum atomic E-state index is 15.2. The van der Waals surface area contributed by atoms with Gasteiger partial charge in [0.1, 0.15) is 17.2 Å². The van der Waals surface area contributed by atoms with Gasteiger partial charge in [-0.05, 0) is 126 Å². The first-order chi connectivity index (χ1) is 35.4. The van der Waals surface area contributed by atoms with Crippen LogP contribution in [0.15, 0.2) is 73.2 Å². The van der Waals surface area contributed by atoms with E-state index in [1.54, 1.807) is 30.7 Å². The van der Waals surface area contributed by atoms with E-state index in [-0.39, 0.29) is 65.2 Å². The third-order valence-electron chi connectivity index (χ3n) is 17.3. The molecule has 17 heteroatoms. The van der Waals surface area contributed by atoms with E-state index in [0.29, 0.717) is 101 Å². The number of imidazole rings is 1. The van der Waals surface area contributed by atoms with Crippen molar-refractivity contribution in [1.29, 1.82) is 0 Å². The van der Waals surface area contributed by atoms with Crippen LogP contribution < -0.4 is 20.4 Å². The molecule has 0 unspecified atom stereocenters. The smallest absolute Gasteiger partial charge is 0.238 e. The molecule has 9 heterocycles. The molecule has 5 amide bonds. The van der Waals surface area contributed by atoms with E-state index in [9.17, 15) is 19.2 Å². The molecule has 3 aromatic heterocycles. The van der Waals surface area contributed by atoms with Crippen LogP contribution in [0.25, 0.3) is 22.3 Å². The number of fused-ring (bicyclic) bond motifs is 3. The molecule has 1 saturated carbocycles. The number of pyridine rings is 2. The Kier molecular flexibility index (Phi) is 12.3. The van der Waals surface area contributed by atoms with Crippen LogP contribution >= 0.6 is 0 Å². The second-order valence-electron chi connectivity index (χ2n) is 21.9. The Morgan fingerprint density at radius 1 is 0.808 bits per heavy atom. The first-order valence-corrected chi connectivity index (χ1v) is 26.7. The number of halogens is 1. The topological polar surface area (TPSA) is 169 Å². The van der Waals surface area contributed by atoms with Gasteiger partial charge in [0.05, 0.1) is 40.5 Å². The first-order valence-electron chi connectivity index (χ1n) is 26.7. The Hall–Kier alpha value is -6.75. The molecule has 5 aromatic rings. The SMILES string of the molecule is CC(C)n1cnc2cc(-c3ccc4c(c3)N(C3CC(N5CCCCC5)C3)C(=O)C43CCN(C(=O)C4CN(C(=O)C5CCN(c6ccc([C@H]7CCC(=O)NC7=O)cn6)CC5)C4)CC3)nc(Nc3ccccc3F)c21. The van der Waals surface area contributed by atoms with Gasteiger partial charge >= 0.3 is 0 Å². The van der Waals surface area contributed by atoms with Gasteiger partial charge in [0, 0.05) is 87.2 Å². The normalized spacial score (nSPS) is 23.7. The lowest BCUT2D eigenvalue weighted by Gasteiger charge is -2.48. The van der Waals surface area contributed by atoms with Crippen LogP contribution in [0, 0.1) is 17.7 Å². The number of likely N-dealkylation sites (tertiary alicyclic amines) is 3. The summed E-state index contributed by atoms with van der Waals surface area (Å²) < 4.78 is 17.1. The number of para-hydroxylation sites is 1. The lowest BCUT2D eigenvalue weighted by molar-refractivity contribution is -0.152. The van der Waals surface area contributed by atoms with Gasteiger partial charge in [0.25, 0.3) is 0 Å². The van der Waals surface area contributed by atoms with Gasteiger partial charge in [-0.15, -0.1) is 0 Å². The van der Waals surface area contributed by atoms with Crippen molar-refractivity contribution < 1.29 is 28.4 Å². The molecule has 6 fully saturated rings. The van der Waals surface area contributed by atoms with E-state index in [4.69, 9.17) is 9.97 Å². The third-order valence-corrected chi connectivity index (χ3v) is 17.3. The van der Waals surface area contributed by atoms with E-state index in [2.05, 4.69) is 62.4 Å². The highest BCUT2D eigenvalue weighted by Gasteiger charge is 2.56. The highest BCUT2D eigenvalue weighted by molar-refractivity contribution is 6.10. The minimum atomic E-state index is -0.757. The van der Waals surface area contributed by atoms with Crippen molar-refractivity contribution in [3.63, 3.8) is 0 Å². The first kappa shape index (κ1) is 47.3. The largest absolute Gasteiger partial charge is 0.357 e. The molecule has 12 rings (SSSR count). The minimum absolute atomic E-state index is 0.0583. The molecule has 2 aromatic carbocycles. The third kappa shape index (κ3) is 8.50. The molecule has 1 atom stereocenters. The predicted octanol–water partition coefficient (Wildman–Crippen LogP) is 7.08. The monoisotopic (exact) mass is 990 g/mol. The number of benzene rings is 2. The summed E-state index contributed by atoms with van der Waals surface area (Å²) in [5, 5.41) is 5.69. The number of imide groups is 1. The van der Waals surface area contributed by atoms with Crippen LogP contribution in [0.1, 0.15) is 108 Å². The highest BCUT2D eigenvalue weighted by Crippen LogP contribution is 2.52. The van der Waals surface area contributed by atoms with Gasteiger partial charge in [0.2, 0.25) is 29.5 Å². The number of nitrogens with one attached hydrogen (secondary N) is 2. The number of amides is 5. The number of aromatic nitrogens is 4. The highest BCUT2D eigenvalue weighted by atomic mass is 19.1. The number of piperidine rings is 4. The number of rotatable bonds is 10. The quantitative estimate of drug-likeness (QED) is 0.137. The summed E-state index contributed by atoms with van der Waals surface area (Å²) in [6, 6.07) is 19.3. The molecule has 16 nitrogen and oxygen atoms in total. The second kappa shape index (κ2) is 18.9. The molecule has 0 bridgehead atoms. The molecular formula is C56H64FN11O5. The van der Waals surface area contributed by atoms with E-state index in [1.807, 2.05) is 32.6 Å². The lowest BCUT2D eigenvalue weighted by Crippen LogP contribution is -2.60. The molecule has 1 aliphatic carbocycles. The van der Waals surface area contributed by atoms with Gasteiger partial charge in [0.15, 0.2) is 5.82 Å². The maximum Gasteiger partial charge on any atom is 0.238 e. The summed E-state index contributed by atoms with van der Waals surface area (Å²) in [7, 11) is 0. The van der Waals surface area contributed by atoms with Crippen molar-refractivity contribution in [2.24, 2.45) is 11.8 Å². The van der Waals surface area contributed by atoms with E-state index < -0.39 is 5.41 Å². The number of carbonyl (C=O) groups excluding carboxylic acids is 5. The average Bonchev–Trinajstić information content (AvgIpc) is 3.91. The lowest BCUT2D eigenvalue weighted by atomic mass is 9.73. The molecule has 7 aliphatic rings. The van der Waals surface area contributed by atoms with Gasteiger partial charge in [-0.2, -0.15) is 0 Å². The van der Waals surface area contributed by atoms with E-state index >= 15 is 9.18 Å². The Bertz CT molecular complexity index is 2980. The number of anilines is 4. The van der Waals surface area contributed by atoms with E-state index in [1.165, 1.54) is 25.3 Å². The standard InChI is InChI=1S/C56H64FN11O5/c1-34(2)67-33-59-46-29-45(61-51(50(46)67)60-44-9-5-4-8-43(44)57)36-10-13-42-47(26-36)68(40-27-39(28-40)63-20-6-3-7-21-63)55(73)56(42)18-24-65(25-19-56)54(72)38-31-66(32-38)53(71)35-16-22-64(23-17-35)48-14-11-37(30-58-48)41-12-15-49(69)62-52(41)70/h4-5,8-11,13-14,26,29-30,33-35,38-41H,3,6-7,12,15-25,27-28,31-32H2,1-2H3,(H,60,61)(H,62,69,70)/t39?,40?,41-/m1/s1. The second-order valence-corrected chi connectivity index (χ2v) is 21.9. The fraction of sp³-hybridized carbons (Fsp3) is 0.500. The molecular weight excluding hydrogens is 926 g/mol. The van der Waals surface area contributed by atoms with Gasteiger partial charge in [-0.1, -0.05) is 36.8 Å². The van der Waals surface area contributed by atoms with E-state index in [0.717, 1.165) is 65.2 Å². The molecule has 1 spiro atoms. The summed E-state index contributed by atoms with van der Waals surface area (Å²) in [5.74, 6) is -0.0675. The molecule has 2 N–H and O–H groups in total. The van der Waals surface area contributed by atoms with Crippen LogP contribution in [-0.4, -0.2) is 128 Å². The Balaban J connectivity index is 0.721. The van der Waals surface area contributed by atoms with Gasteiger partial charge < -0.3 is 34.4 Å². The summed E-state index contributed by atoms with van der Waals surface area (Å²) in [6.07, 6.45) is 12.3. The number of carbonyl (C=O) groups is 5. The molecule has 380 valence electrons. The van der Waals surface area contributed by atoms with Crippen LogP contribution in [0.2, 0.25) is 0 Å². The zero-order valence-corrected chi connectivity index (χ0v) is 41.8. The summed E-state index contributed by atoms with van der Waals surface area (Å²) in [6.45, 7) is 9.50. The number of hydrogen-bond donors (Lipinski definition) is 2. The van der Waals surface area contributed by atoms with Crippen LogP contribution in [0.4, 0.5) is 27.4 Å². The molecule has 0 radical (unpaired) electrons. The average molecular weight is 990 g/mol. The van der Waals surface area contributed by atoms with Crippen molar-refractivity contribution in [2.45, 2.75) is 114 Å². The summed E-state index contributed by atoms with van der Waals surface area (Å²) >= 11 is 0. The van der Waals surface area contributed by atoms with Crippen LogP contribution in [0.5, 0.6) is 0 Å². The number of hydrogen-bond acceptors (Lipinski definition) is 11.